The van der Waals surface area contributed by atoms with E-state index in [0.717, 1.165) is 103 Å². The Kier molecular flexibility index (Phi) is 47.5. The minimum atomic E-state index is -0.805. The van der Waals surface area contributed by atoms with Crippen molar-refractivity contribution in [2.75, 3.05) is 13.2 Å². The molecule has 6 nitrogen and oxygen atoms in total. The third-order valence-corrected chi connectivity index (χ3v) is 10.4. The van der Waals surface area contributed by atoms with Gasteiger partial charge in [-0.05, 0) is 89.9 Å². The van der Waals surface area contributed by atoms with Gasteiger partial charge < -0.3 is 14.2 Å². The Bertz CT molecular complexity index is 1330. The van der Waals surface area contributed by atoms with Gasteiger partial charge >= 0.3 is 17.9 Å². The van der Waals surface area contributed by atoms with Crippen molar-refractivity contribution in [3.63, 3.8) is 0 Å². The highest BCUT2D eigenvalue weighted by molar-refractivity contribution is 5.71. The second kappa shape index (κ2) is 50.7. The van der Waals surface area contributed by atoms with Crippen LogP contribution >= 0.6 is 0 Å². The Hall–Kier alpha value is -3.93. The first kappa shape index (κ1) is 59.1. The molecule has 6 heteroatoms. The maximum absolute atomic E-state index is 12.8. The summed E-state index contributed by atoms with van der Waals surface area (Å²) in [6.45, 7) is 6.28. The van der Waals surface area contributed by atoms with Crippen LogP contribution < -0.4 is 0 Å². The van der Waals surface area contributed by atoms with Crippen LogP contribution in [0.15, 0.2) is 109 Å². The molecule has 0 aromatic heterocycles. The zero-order chi connectivity index (χ0) is 45.8. The first-order valence-electron chi connectivity index (χ1n) is 25.5. The Labute approximate surface area is 387 Å². The average Bonchev–Trinajstić information content (AvgIpc) is 3.28. The van der Waals surface area contributed by atoms with E-state index in [2.05, 4.69) is 93.7 Å². The number of ether oxygens (including phenoxy) is 3. The van der Waals surface area contributed by atoms with Gasteiger partial charge in [-0.1, -0.05) is 214 Å². The average molecular weight is 873 g/mol. The van der Waals surface area contributed by atoms with Crippen LogP contribution in [0.25, 0.3) is 0 Å². The standard InChI is InChI=1S/C57H92O6/c1-4-7-10-13-16-19-22-25-27-28-30-32-35-38-41-44-47-50-56(59)62-53-54(52-61-55(58)49-46-43-40-37-34-31-24-21-18-15-12-9-6-3)63-57(60)51-48-45-42-39-36-33-29-26-23-20-17-14-11-8-5-2/h8-9,11-12,14-21,23-25,27,31,34,54H,4-7,10,13,22,26,28-30,32-33,35-53H2,1-3H3/b11-8-,12-9-,17-14-,18-15-,19-16-,23-20-,24-21-,27-25-,34-31-. The topological polar surface area (TPSA) is 78.9 Å². The number of rotatable bonds is 44. The van der Waals surface area contributed by atoms with E-state index in [0.29, 0.717) is 19.3 Å². The van der Waals surface area contributed by atoms with Crippen molar-refractivity contribution in [1.29, 1.82) is 0 Å². The molecule has 0 aromatic carbocycles. The summed E-state index contributed by atoms with van der Waals surface area (Å²) in [5.41, 5.74) is 0. The van der Waals surface area contributed by atoms with E-state index in [4.69, 9.17) is 14.2 Å². The molecule has 0 fully saturated rings. The van der Waals surface area contributed by atoms with Crippen molar-refractivity contribution in [1.82, 2.24) is 0 Å². The summed E-state index contributed by atoms with van der Waals surface area (Å²) in [5, 5.41) is 0. The molecule has 0 spiro atoms. The fourth-order valence-electron chi connectivity index (χ4n) is 6.60. The van der Waals surface area contributed by atoms with Crippen LogP contribution in [-0.4, -0.2) is 37.2 Å². The van der Waals surface area contributed by atoms with Crippen molar-refractivity contribution in [2.24, 2.45) is 0 Å². The van der Waals surface area contributed by atoms with Crippen molar-refractivity contribution in [3.05, 3.63) is 109 Å². The Morgan fingerprint density at radius 1 is 0.349 bits per heavy atom. The Morgan fingerprint density at radius 2 is 0.683 bits per heavy atom. The minimum absolute atomic E-state index is 0.102. The third kappa shape index (κ3) is 49.0. The predicted octanol–water partition coefficient (Wildman–Crippen LogP) is 16.8. The highest BCUT2D eigenvalue weighted by Gasteiger charge is 2.19. The highest BCUT2D eigenvalue weighted by Crippen LogP contribution is 2.14. The lowest BCUT2D eigenvalue weighted by molar-refractivity contribution is -0.167. The van der Waals surface area contributed by atoms with Crippen LogP contribution in [0.1, 0.15) is 213 Å². The van der Waals surface area contributed by atoms with Crippen LogP contribution in [0.3, 0.4) is 0 Å². The number of hydrogen-bond donors (Lipinski definition) is 0. The predicted molar refractivity (Wildman–Crippen MR) is 270 cm³/mol. The minimum Gasteiger partial charge on any atom is -0.462 e. The van der Waals surface area contributed by atoms with Gasteiger partial charge in [-0.25, -0.2) is 0 Å². The van der Waals surface area contributed by atoms with Crippen LogP contribution in [0.5, 0.6) is 0 Å². The molecule has 0 bridgehead atoms. The number of unbranched alkanes of at least 4 members (excludes halogenated alkanes) is 20. The highest BCUT2D eigenvalue weighted by atomic mass is 16.6. The lowest BCUT2D eigenvalue weighted by Gasteiger charge is -2.18. The summed E-state index contributed by atoms with van der Waals surface area (Å²) in [4.78, 5) is 38.0. The molecule has 0 heterocycles. The number of hydrogen-bond acceptors (Lipinski definition) is 6. The molecule has 63 heavy (non-hydrogen) atoms. The third-order valence-electron chi connectivity index (χ3n) is 10.4. The fourth-order valence-corrected chi connectivity index (χ4v) is 6.60. The quantitative estimate of drug-likeness (QED) is 0.0199. The monoisotopic (exact) mass is 873 g/mol. The van der Waals surface area contributed by atoms with Gasteiger partial charge in [0.05, 0.1) is 0 Å². The lowest BCUT2D eigenvalue weighted by Crippen LogP contribution is -2.30. The lowest BCUT2D eigenvalue weighted by atomic mass is 10.1. The molecule has 0 aliphatic heterocycles. The second-order valence-corrected chi connectivity index (χ2v) is 16.5. The first-order chi connectivity index (χ1) is 31.0. The molecule has 0 N–H and O–H groups in total. The van der Waals surface area contributed by atoms with Crippen molar-refractivity contribution >= 4 is 17.9 Å². The molecule has 0 aliphatic carbocycles. The molecule has 0 aliphatic rings. The smallest absolute Gasteiger partial charge is 0.306 e. The Balaban J connectivity index is 4.48. The van der Waals surface area contributed by atoms with Crippen LogP contribution in [-0.2, 0) is 28.6 Å². The van der Waals surface area contributed by atoms with Crippen molar-refractivity contribution in [2.45, 2.75) is 219 Å². The maximum Gasteiger partial charge on any atom is 0.306 e. The van der Waals surface area contributed by atoms with E-state index >= 15 is 0 Å². The SMILES string of the molecule is CC\C=C/C=C\C=C/C=C\CCCCCC(=O)OCC(COC(=O)CCCCCCCCC/C=C\C/C=C\CCCCC)OC(=O)CCCCCCCCC\C=C/C=C\C=C/CC. The maximum atomic E-state index is 12.8. The zero-order valence-corrected chi connectivity index (χ0v) is 40.5. The molecule has 1 atom stereocenters. The zero-order valence-electron chi connectivity index (χ0n) is 40.5. The number of carbonyl (C=O) groups excluding carboxylic acids is 3. The van der Waals surface area contributed by atoms with Gasteiger partial charge in [0.2, 0.25) is 0 Å². The van der Waals surface area contributed by atoms with E-state index in [1.54, 1.807) is 0 Å². The van der Waals surface area contributed by atoms with E-state index in [1.165, 1.54) is 70.6 Å². The molecule has 1 unspecified atom stereocenters. The summed E-state index contributed by atoms with van der Waals surface area (Å²) in [6, 6.07) is 0. The van der Waals surface area contributed by atoms with E-state index < -0.39 is 6.10 Å². The van der Waals surface area contributed by atoms with E-state index in [9.17, 15) is 14.4 Å². The van der Waals surface area contributed by atoms with Gasteiger partial charge in [0.1, 0.15) is 13.2 Å². The molecule has 0 saturated carbocycles. The molecule has 0 radical (unpaired) electrons. The number of allylic oxidation sites excluding steroid dienone is 18. The molecule has 0 saturated heterocycles. The van der Waals surface area contributed by atoms with Crippen molar-refractivity contribution in [3.8, 4) is 0 Å². The van der Waals surface area contributed by atoms with Crippen LogP contribution in [0.2, 0.25) is 0 Å². The van der Waals surface area contributed by atoms with Crippen LogP contribution in [0.4, 0.5) is 0 Å². The van der Waals surface area contributed by atoms with Crippen LogP contribution in [0, 0.1) is 0 Å². The molecular formula is C57H92O6. The van der Waals surface area contributed by atoms with Gasteiger partial charge in [0, 0.05) is 19.3 Å². The molecule has 0 rings (SSSR count). The fraction of sp³-hybridized carbons (Fsp3) is 0.632. The number of carbonyl (C=O) groups is 3. The first-order valence-corrected chi connectivity index (χ1v) is 25.5. The van der Waals surface area contributed by atoms with Crippen molar-refractivity contribution < 1.29 is 28.6 Å². The number of esters is 3. The second-order valence-electron chi connectivity index (χ2n) is 16.5. The van der Waals surface area contributed by atoms with Gasteiger partial charge in [-0.15, -0.1) is 0 Å². The molecule has 0 aromatic rings. The normalized spacial score (nSPS) is 13.0. The summed E-state index contributed by atoms with van der Waals surface area (Å²) in [7, 11) is 0. The summed E-state index contributed by atoms with van der Waals surface area (Å²) in [6.07, 6.45) is 67.8. The van der Waals surface area contributed by atoms with Gasteiger partial charge in [0.15, 0.2) is 6.10 Å². The Morgan fingerprint density at radius 3 is 1.11 bits per heavy atom. The van der Waals surface area contributed by atoms with Gasteiger partial charge in [-0.2, -0.15) is 0 Å². The van der Waals surface area contributed by atoms with Gasteiger partial charge in [0.25, 0.3) is 0 Å². The van der Waals surface area contributed by atoms with E-state index in [-0.39, 0.29) is 31.1 Å². The summed E-state index contributed by atoms with van der Waals surface area (Å²) < 4.78 is 16.7. The molecular weight excluding hydrogens is 781 g/mol. The van der Waals surface area contributed by atoms with Gasteiger partial charge in [-0.3, -0.25) is 14.4 Å². The summed E-state index contributed by atoms with van der Waals surface area (Å²) >= 11 is 0. The largest absolute Gasteiger partial charge is 0.462 e. The molecule has 0 amide bonds. The summed E-state index contributed by atoms with van der Waals surface area (Å²) in [5.74, 6) is -0.968. The van der Waals surface area contributed by atoms with E-state index in [1.807, 2.05) is 36.5 Å². The molecule has 356 valence electrons.